The summed E-state index contributed by atoms with van der Waals surface area (Å²) in [5.41, 5.74) is 2.38. The van der Waals surface area contributed by atoms with Crippen molar-refractivity contribution in [3.63, 3.8) is 0 Å². The molecule has 0 heterocycles. The number of esters is 2. The summed E-state index contributed by atoms with van der Waals surface area (Å²) in [6, 6.07) is 20.5. The maximum absolute atomic E-state index is 11.1. The van der Waals surface area contributed by atoms with Gasteiger partial charge >= 0.3 is 60.8 Å². The molecule has 0 aliphatic carbocycles. The Bertz CT molecular complexity index is 1320. The van der Waals surface area contributed by atoms with Gasteiger partial charge in [-0.2, -0.15) is 0 Å². The fraction of sp³-hybridized carbons (Fsp3) is 0.704. The van der Waals surface area contributed by atoms with Gasteiger partial charge in [0.05, 0.1) is 25.4 Å². The third-order valence-corrected chi connectivity index (χ3v) is 11.7. The normalized spacial score (nSPS) is 12.7. The first kappa shape index (κ1) is 62.8. The van der Waals surface area contributed by atoms with Crippen molar-refractivity contribution in [2.24, 2.45) is 0 Å². The van der Waals surface area contributed by atoms with Crippen LogP contribution in [0.2, 0.25) is 0 Å². The zero-order valence-electron chi connectivity index (χ0n) is 41.1. The topological polar surface area (TPSA) is 151 Å². The van der Waals surface area contributed by atoms with Gasteiger partial charge in [-0.1, -0.05) is 164 Å². The van der Waals surface area contributed by atoms with Crippen molar-refractivity contribution in [3.8, 4) is 0 Å². The SMILES string of the molecule is CCC(CCCCCCCCC(CCCCCC(=O)[O-])OCc1ccccc1)OC(C)=O.CCC(CCCCCCCCC(CCCCCC(=O)[O-])OCc1ccccc1)OC(C)=O.[Ba+2]. The number of hydrogen-bond acceptors (Lipinski definition) is 10. The Balaban J connectivity index is 0.00000124. The van der Waals surface area contributed by atoms with E-state index in [4.69, 9.17) is 18.9 Å². The predicted octanol–water partition coefficient (Wildman–Crippen LogP) is 11.1. The van der Waals surface area contributed by atoms with Crippen LogP contribution >= 0.6 is 0 Å². The zero-order valence-corrected chi connectivity index (χ0v) is 45.5. The number of ether oxygens (including phenoxy) is 4. The maximum Gasteiger partial charge on any atom is 2.00 e. The van der Waals surface area contributed by atoms with Gasteiger partial charge in [0.1, 0.15) is 12.2 Å². The molecular weight excluding hydrogens is 946 g/mol. The Hall–Kier alpha value is -2.19. The van der Waals surface area contributed by atoms with Gasteiger partial charge in [-0.3, -0.25) is 9.59 Å². The van der Waals surface area contributed by atoms with E-state index >= 15 is 0 Å². The van der Waals surface area contributed by atoms with Crippen molar-refractivity contribution in [3.05, 3.63) is 71.8 Å². The third kappa shape index (κ3) is 40.6. The van der Waals surface area contributed by atoms with Crippen LogP contribution in [0.4, 0.5) is 0 Å². The van der Waals surface area contributed by atoms with E-state index < -0.39 is 11.9 Å². The summed E-state index contributed by atoms with van der Waals surface area (Å²) in [5, 5.41) is 21.1. The summed E-state index contributed by atoms with van der Waals surface area (Å²) in [7, 11) is 0. The molecule has 4 unspecified atom stereocenters. The molecule has 0 aliphatic rings. The van der Waals surface area contributed by atoms with Crippen LogP contribution in [0, 0.1) is 0 Å². The summed E-state index contributed by atoms with van der Waals surface area (Å²) in [6.07, 6.45) is 28.0. The molecule has 2 aromatic carbocycles. The molecule has 0 amide bonds. The smallest absolute Gasteiger partial charge is 0.550 e. The van der Waals surface area contributed by atoms with E-state index in [9.17, 15) is 29.4 Å². The van der Waals surface area contributed by atoms with Gasteiger partial charge in [-0.05, 0) is 101 Å². The fourth-order valence-corrected chi connectivity index (χ4v) is 7.90. The summed E-state index contributed by atoms with van der Waals surface area (Å²) < 4.78 is 23.0. The number of carboxylic acid groups (broad SMARTS) is 2. The van der Waals surface area contributed by atoms with E-state index in [1.165, 1.54) is 76.3 Å². The van der Waals surface area contributed by atoms with Crippen molar-refractivity contribution in [2.45, 2.75) is 245 Å². The van der Waals surface area contributed by atoms with Gasteiger partial charge in [0.15, 0.2) is 0 Å². The van der Waals surface area contributed by atoms with E-state index in [-0.39, 0.29) is 98.1 Å². The summed E-state index contributed by atoms with van der Waals surface area (Å²) in [5.74, 6) is -2.28. The molecule has 2 rings (SSSR count). The van der Waals surface area contributed by atoms with E-state index in [0.717, 1.165) is 103 Å². The minimum Gasteiger partial charge on any atom is -0.550 e. The molecule has 0 radical (unpaired) electrons. The molecule has 0 aliphatic heterocycles. The number of carbonyl (C=O) groups excluding carboxylic acids is 4. The molecule has 2 aromatic rings. The monoisotopic (exact) mass is 1030 g/mol. The molecule has 0 bridgehead atoms. The fourth-order valence-electron chi connectivity index (χ4n) is 7.90. The number of carboxylic acids is 2. The second kappa shape index (κ2) is 44.3. The molecular formula is C54H86BaO10. The molecule has 0 fully saturated rings. The second-order valence-electron chi connectivity index (χ2n) is 17.5. The first-order valence-corrected chi connectivity index (χ1v) is 25.1. The van der Waals surface area contributed by atoms with Gasteiger partial charge in [-0.25, -0.2) is 0 Å². The van der Waals surface area contributed by atoms with Gasteiger partial charge in [-0.15, -0.1) is 0 Å². The molecule has 0 saturated carbocycles. The van der Waals surface area contributed by atoms with Crippen molar-refractivity contribution < 1.29 is 48.3 Å². The number of benzene rings is 2. The van der Waals surface area contributed by atoms with Crippen LogP contribution in [0.15, 0.2) is 60.7 Å². The quantitative estimate of drug-likeness (QED) is 0.0358. The Morgan fingerprint density at radius 2 is 0.677 bits per heavy atom. The molecule has 4 atom stereocenters. The molecule has 0 aromatic heterocycles. The number of unbranched alkanes of at least 4 members (excludes halogenated alkanes) is 14. The van der Waals surface area contributed by atoms with Crippen LogP contribution in [0.25, 0.3) is 0 Å². The molecule has 0 spiro atoms. The van der Waals surface area contributed by atoms with Crippen LogP contribution < -0.4 is 10.2 Å². The second-order valence-corrected chi connectivity index (χ2v) is 17.5. The van der Waals surface area contributed by atoms with Gasteiger partial charge < -0.3 is 38.7 Å². The van der Waals surface area contributed by atoms with Gasteiger partial charge in [0, 0.05) is 25.8 Å². The molecule has 65 heavy (non-hydrogen) atoms. The van der Waals surface area contributed by atoms with Crippen LogP contribution in [0.3, 0.4) is 0 Å². The largest absolute Gasteiger partial charge is 2.00 e. The Morgan fingerprint density at radius 3 is 0.938 bits per heavy atom. The van der Waals surface area contributed by atoms with E-state index in [1.807, 2.05) is 36.4 Å². The van der Waals surface area contributed by atoms with Crippen molar-refractivity contribution in [1.29, 1.82) is 0 Å². The van der Waals surface area contributed by atoms with E-state index in [0.29, 0.717) is 26.1 Å². The number of aliphatic carboxylic acids is 2. The molecule has 11 heteroatoms. The number of rotatable bonds is 40. The molecule has 10 nitrogen and oxygen atoms in total. The van der Waals surface area contributed by atoms with E-state index in [2.05, 4.69) is 38.1 Å². The Morgan fingerprint density at radius 1 is 0.415 bits per heavy atom. The average molecular weight is 1030 g/mol. The third-order valence-electron chi connectivity index (χ3n) is 11.7. The summed E-state index contributed by atoms with van der Waals surface area (Å²) in [4.78, 5) is 43.3. The van der Waals surface area contributed by atoms with Crippen LogP contribution in [-0.2, 0) is 51.3 Å². The van der Waals surface area contributed by atoms with Crippen molar-refractivity contribution in [1.82, 2.24) is 0 Å². The average Bonchev–Trinajstić information content (AvgIpc) is 3.27. The standard InChI is InChI=1S/2C27H44O5.Ba/c2*1-3-25(32-23(2)28)18-12-6-4-5-7-13-19-26(20-14-9-15-21-27(29)30)31-22-24-16-10-8-11-17-24;/h2*8,10-11,16-17,25-26H,3-7,9,12-15,18-22H2,1-2H3,(H,29,30);/q;;+2/p-2. The van der Waals surface area contributed by atoms with Crippen LogP contribution in [-0.4, -0.2) is 97.2 Å². The number of carbonyl (C=O) groups is 4. The predicted molar refractivity (Wildman–Crippen MR) is 258 cm³/mol. The first-order valence-electron chi connectivity index (χ1n) is 25.1. The summed E-state index contributed by atoms with van der Waals surface area (Å²) >= 11 is 0. The minimum atomic E-state index is -0.960. The van der Waals surface area contributed by atoms with Crippen molar-refractivity contribution in [2.75, 3.05) is 0 Å². The van der Waals surface area contributed by atoms with Crippen molar-refractivity contribution >= 4 is 72.8 Å². The summed E-state index contributed by atoms with van der Waals surface area (Å²) in [6.45, 7) is 8.34. The zero-order chi connectivity index (χ0) is 46.9. The number of hydrogen-bond donors (Lipinski definition) is 0. The molecule has 0 N–H and O–H groups in total. The van der Waals surface area contributed by atoms with Gasteiger partial charge in [0.2, 0.25) is 0 Å². The first-order chi connectivity index (χ1) is 31.0. The Kier molecular flexibility index (Phi) is 42.8. The molecule has 0 saturated heterocycles. The molecule has 364 valence electrons. The minimum absolute atomic E-state index is 0. The van der Waals surface area contributed by atoms with Gasteiger partial charge in [0.25, 0.3) is 0 Å². The van der Waals surface area contributed by atoms with E-state index in [1.54, 1.807) is 0 Å². The maximum atomic E-state index is 11.1. The van der Waals surface area contributed by atoms with Crippen LogP contribution in [0.1, 0.15) is 219 Å². The van der Waals surface area contributed by atoms with Crippen LogP contribution in [0.5, 0.6) is 0 Å². The Labute approximate surface area is 434 Å².